The zero-order chi connectivity index (χ0) is 13.3. The van der Waals surface area contributed by atoms with E-state index in [1.54, 1.807) is 0 Å². The van der Waals surface area contributed by atoms with E-state index in [1.807, 2.05) is 45.0 Å². The molecule has 0 aliphatic rings. The molecule has 0 aliphatic heterocycles. The molecule has 0 atom stereocenters. The van der Waals surface area contributed by atoms with Crippen LogP contribution in [-0.2, 0) is 13.6 Å². The molecular weight excluding hydrogens is 257 g/mol. The first-order chi connectivity index (χ1) is 8.09. The van der Waals surface area contributed by atoms with Gasteiger partial charge in [-0.15, -0.1) is 0 Å². The van der Waals surface area contributed by atoms with Crippen molar-refractivity contribution in [3.05, 3.63) is 29.8 Å². The minimum atomic E-state index is -3.15. The van der Waals surface area contributed by atoms with Gasteiger partial charge >= 0.3 is 7.75 Å². The number of hydrogen-bond acceptors (Lipinski definition) is 4. The van der Waals surface area contributed by atoms with E-state index in [0.29, 0.717) is 0 Å². The van der Waals surface area contributed by atoms with Gasteiger partial charge in [-0.2, -0.15) is 4.49 Å². The van der Waals surface area contributed by atoms with Crippen molar-refractivity contribution >= 4 is 19.7 Å². The first-order valence-electron chi connectivity index (χ1n) is 5.32. The normalized spacial score (nSPS) is 10.6. The number of aryl methyl sites for hydroxylation is 1. The predicted octanol–water partition coefficient (Wildman–Crippen LogP) is 4.02. The van der Waals surface area contributed by atoms with E-state index in [-0.39, 0.29) is 0 Å². The average molecular weight is 277 g/mol. The Balaban J connectivity index is 0.00000121. The van der Waals surface area contributed by atoms with Crippen LogP contribution in [0.25, 0.3) is 0 Å². The maximum Gasteiger partial charge on any atom is 0.414 e. The molecule has 0 amide bonds. The number of benzene rings is 1. The SMILES string of the molecule is CC.COP(=O)(NSc1ccc(C)cc1)OC. The second kappa shape index (κ2) is 8.72. The summed E-state index contributed by atoms with van der Waals surface area (Å²) in [4.78, 5) is 0.954. The molecule has 0 bridgehead atoms. The maximum absolute atomic E-state index is 11.6. The van der Waals surface area contributed by atoms with Crippen molar-refractivity contribution < 1.29 is 13.6 Å². The van der Waals surface area contributed by atoms with Crippen molar-refractivity contribution in [2.24, 2.45) is 0 Å². The predicted molar refractivity (Wildman–Crippen MR) is 73.1 cm³/mol. The third kappa shape index (κ3) is 6.24. The van der Waals surface area contributed by atoms with E-state index in [1.165, 1.54) is 31.7 Å². The number of rotatable bonds is 5. The topological polar surface area (TPSA) is 47.6 Å². The summed E-state index contributed by atoms with van der Waals surface area (Å²) in [5.41, 5.74) is 1.18. The van der Waals surface area contributed by atoms with Gasteiger partial charge in [0.05, 0.1) is 0 Å². The molecule has 6 heteroatoms. The minimum absolute atomic E-state index is 0.954. The Morgan fingerprint density at radius 2 is 1.59 bits per heavy atom. The van der Waals surface area contributed by atoms with Gasteiger partial charge in [0, 0.05) is 19.1 Å². The van der Waals surface area contributed by atoms with Gasteiger partial charge in [-0.3, -0.25) is 9.05 Å². The van der Waals surface area contributed by atoms with Crippen LogP contribution in [0.1, 0.15) is 19.4 Å². The first-order valence-corrected chi connectivity index (χ1v) is 7.68. The molecule has 1 rings (SSSR count). The summed E-state index contributed by atoms with van der Waals surface area (Å²) in [6, 6.07) is 7.83. The van der Waals surface area contributed by atoms with Crippen LogP contribution in [0.2, 0.25) is 0 Å². The number of nitrogens with one attached hydrogen (secondary N) is 1. The van der Waals surface area contributed by atoms with Crippen molar-refractivity contribution in [1.29, 1.82) is 0 Å². The highest BCUT2D eigenvalue weighted by Crippen LogP contribution is 2.44. The lowest BCUT2D eigenvalue weighted by Gasteiger charge is -2.13. The van der Waals surface area contributed by atoms with Gasteiger partial charge in [-0.25, -0.2) is 4.57 Å². The molecule has 1 aromatic rings. The molecule has 0 fully saturated rings. The smallest absolute Gasteiger partial charge is 0.300 e. The van der Waals surface area contributed by atoms with Gasteiger partial charge < -0.3 is 0 Å². The van der Waals surface area contributed by atoms with E-state index in [4.69, 9.17) is 9.05 Å². The summed E-state index contributed by atoms with van der Waals surface area (Å²) in [5, 5.41) is 0. The summed E-state index contributed by atoms with van der Waals surface area (Å²) < 4.78 is 23.7. The van der Waals surface area contributed by atoms with E-state index in [9.17, 15) is 4.57 Å². The summed E-state index contributed by atoms with van der Waals surface area (Å²) >= 11 is 1.22. The fourth-order valence-corrected chi connectivity index (χ4v) is 2.75. The molecule has 0 saturated heterocycles. The Kier molecular flexibility index (Phi) is 8.56. The van der Waals surface area contributed by atoms with Crippen LogP contribution in [0.3, 0.4) is 0 Å². The molecule has 1 aromatic carbocycles. The quantitative estimate of drug-likeness (QED) is 0.650. The summed E-state index contributed by atoms with van der Waals surface area (Å²) in [6.07, 6.45) is 0. The summed E-state index contributed by atoms with van der Waals surface area (Å²) in [6.45, 7) is 6.01. The molecule has 0 unspecified atom stereocenters. The molecule has 0 heterocycles. The fraction of sp³-hybridized carbons (Fsp3) is 0.455. The van der Waals surface area contributed by atoms with Gasteiger partial charge in [0.25, 0.3) is 0 Å². The lowest BCUT2D eigenvalue weighted by molar-refractivity contribution is 0.273. The zero-order valence-corrected chi connectivity index (χ0v) is 12.6. The number of hydrogen-bond donors (Lipinski definition) is 1. The highest BCUT2D eigenvalue weighted by molar-refractivity contribution is 8.01. The Hall–Kier alpha value is -0.320. The highest BCUT2D eigenvalue weighted by atomic mass is 32.2. The largest absolute Gasteiger partial charge is 0.414 e. The molecule has 1 N–H and O–H groups in total. The lowest BCUT2D eigenvalue weighted by Crippen LogP contribution is -2.03. The second-order valence-corrected chi connectivity index (χ2v) is 6.00. The monoisotopic (exact) mass is 277 g/mol. The molecule has 0 aliphatic carbocycles. The van der Waals surface area contributed by atoms with Crippen LogP contribution >= 0.6 is 19.7 Å². The van der Waals surface area contributed by atoms with Crippen LogP contribution in [0.5, 0.6) is 0 Å². The van der Waals surface area contributed by atoms with E-state index in [2.05, 4.69) is 4.49 Å². The molecule has 0 radical (unpaired) electrons. The van der Waals surface area contributed by atoms with Crippen LogP contribution in [-0.4, -0.2) is 14.2 Å². The first kappa shape index (κ1) is 16.7. The Bertz CT molecular complexity index is 348. The summed E-state index contributed by atoms with van der Waals surface area (Å²) in [5.74, 6) is 0. The zero-order valence-electron chi connectivity index (χ0n) is 10.9. The fourth-order valence-electron chi connectivity index (χ4n) is 0.864. The average Bonchev–Trinajstić information content (AvgIpc) is 2.40. The highest BCUT2D eigenvalue weighted by Gasteiger charge is 2.20. The van der Waals surface area contributed by atoms with E-state index < -0.39 is 7.75 Å². The van der Waals surface area contributed by atoms with Crippen LogP contribution in [0.4, 0.5) is 0 Å². The van der Waals surface area contributed by atoms with Crippen molar-refractivity contribution in [1.82, 2.24) is 4.49 Å². The van der Waals surface area contributed by atoms with Gasteiger partial charge in [0.1, 0.15) is 0 Å². The molecule has 4 nitrogen and oxygen atoms in total. The van der Waals surface area contributed by atoms with Crippen molar-refractivity contribution in [3.8, 4) is 0 Å². The van der Waals surface area contributed by atoms with Crippen LogP contribution in [0, 0.1) is 6.92 Å². The molecule has 98 valence electrons. The maximum atomic E-state index is 11.6. The van der Waals surface area contributed by atoms with E-state index >= 15 is 0 Å². The summed E-state index contributed by atoms with van der Waals surface area (Å²) in [7, 11) is -0.465. The van der Waals surface area contributed by atoms with Crippen LogP contribution in [0.15, 0.2) is 29.2 Å². The third-order valence-electron chi connectivity index (χ3n) is 1.78. The Labute approximate surface area is 108 Å². The van der Waals surface area contributed by atoms with Crippen LogP contribution < -0.4 is 4.49 Å². The standard InChI is InChI=1S/C9H14NO3PS.C2H6/c1-8-4-6-9(7-5-8)15-10-14(11,12-2)13-3;1-2/h4-7H,1-3H3,(H,10,11);1-2H3. The molecule has 17 heavy (non-hydrogen) atoms. The second-order valence-electron chi connectivity index (χ2n) is 2.87. The van der Waals surface area contributed by atoms with Crippen molar-refractivity contribution in [2.75, 3.05) is 14.2 Å². The van der Waals surface area contributed by atoms with Gasteiger partial charge in [-0.1, -0.05) is 31.5 Å². The Morgan fingerprint density at radius 1 is 1.12 bits per heavy atom. The molecule has 0 spiro atoms. The molecule has 0 aromatic heterocycles. The Morgan fingerprint density at radius 3 is 2.00 bits per heavy atom. The lowest BCUT2D eigenvalue weighted by atomic mass is 10.2. The minimum Gasteiger partial charge on any atom is -0.300 e. The van der Waals surface area contributed by atoms with Gasteiger partial charge in [-0.05, 0) is 31.0 Å². The molecular formula is C11H20NO3PS. The van der Waals surface area contributed by atoms with Crippen molar-refractivity contribution in [3.63, 3.8) is 0 Å². The molecule has 0 saturated carbocycles. The van der Waals surface area contributed by atoms with Gasteiger partial charge in [0.2, 0.25) is 0 Å². The third-order valence-corrected chi connectivity index (χ3v) is 4.51. The van der Waals surface area contributed by atoms with Crippen molar-refractivity contribution in [2.45, 2.75) is 25.7 Å². The van der Waals surface area contributed by atoms with Gasteiger partial charge in [0.15, 0.2) is 0 Å². The van der Waals surface area contributed by atoms with E-state index in [0.717, 1.165) is 4.90 Å².